The lowest BCUT2D eigenvalue weighted by Gasteiger charge is -2.04. The van der Waals surface area contributed by atoms with Crippen LogP contribution in [0, 0.1) is 0 Å². The second-order valence-corrected chi connectivity index (χ2v) is 4.46. The Morgan fingerprint density at radius 2 is 2.20 bits per heavy atom. The predicted molar refractivity (Wildman–Crippen MR) is 61.6 cm³/mol. The Labute approximate surface area is 93.9 Å². The summed E-state index contributed by atoms with van der Waals surface area (Å²) in [7, 11) is 0. The van der Waals surface area contributed by atoms with Gasteiger partial charge in [-0.05, 0) is 24.3 Å². The predicted octanol–water partition coefficient (Wildman–Crippen LogP) is 2.84. The minimum absolute atomic E-state index is 0.337. The number of carboxylic acid groups (broad SMARTS) is 1. The summed E-state index contributed by atoms with van der Waals surface area (Å²) in [6.45, 7) is 4.08. The number of pyridine rings is 1. The molecule has 0 spiro atoms. The molecule has 1 aromatic heterocycles. The average Bonchev–Trinajstić information content (AvgIpc) is 2.18. The summed E-state index contributed by atoms with van der Waals surface area (Å²) in [4.78, 5) is 15.3. The molecule has 0 fully saturated rings. The number of rotatable bonds is 5. The minimum Gasteiger partial charge on any atom is -0.478 e. The highest BCUT2D eigenvalue weighted by molar-refractivity contribution is 7.99. The molecule has 0 unspecified atom stereocenters. The van der Waals surface area contributed by atoms with Crippen LogP contribution in [0.4, 0.5) is 0 Å². The fourth-order valence-corrected chi connectivity index (χ4v) is 1.98. The first kappa shape index (κ1) is 12.0. The first-order chi connectivity index (χ1) is 7.17. The van der Waals surface area contributed by atoms with Crippen molar-refractivity contribution >= 4 is 17.7 Å². The van der Waals surface area contributed by atoms with Crippen LogP contribution in [0.15, 0.2) is 17.2 Å². The largest absolute Gasteiger partial charge is 0.478 e. The van der Waals surface area contributed by atoms with Crippen molar-refractivity contribution in [1.82, 2.24) is 4.98 Å². The van der Waals surface area contributed by atoms with Crippen LogP contribution < -0.4 is 0 Å². The lowest BCUT2D eigenvalue weighted by atomic mass is 10.2. The van der Waals surface area contributed by atoms with Crippen LogP contribution in [0.1, 0.15) is 36.3 Å². The van der Waals surface area contributed by atoms with E-state index in [1.165, 1.54) is 0 Å². The number of carboxylic acids is 1. The molecule has 0 aromatic carbocycles. The zero-order valence-electron chi connectivity index (χ0n) is 8.99. The van der Waals surface area contributed by atoms with E-state index in [-0.39, 0.29) is 0 Å². The van der Waals surface area contributed by atoms with Gasteiger partial charge in [0.1, 0.15) is 0 Å². The lowest BCUT2D eigenvalue weighted by molar-refractivity contribution is 0.0696. The average molecular weight is 225 g/mol. The molecule has 0 atom stereocenters. The van der Waals surface area contributed by atoms with Crippen LogP contribution in [-0.2, 0) is 6.42 Å². The maximum absolute atomic E-state index is 10.9. The van der Waals surface area contributed by atoms with Gasteiger partial charge in [-0.1, -0.05) is 20.3 Å². The lowest BCUT2D eigenvalue weighted by Crippen LogP contribution is -2.01. The van der Waals surface area contributed by atoms with Crippen LogP contribution >= 0.6 is 11.8 Å². The minimum atomic E-state index is -0.882. The van der Waals surface area contributed by atoms with Gasteiger partial charge in [-0.15, -0.1) is 11.8 Å². The van der Waals surface area contributed by atoms with Gasteiger partial charge in [0.25, 0.3) is 0 Å². The van der Waals surface area contributed by atoms with Gasteiger partial charge >= 0.3 is 5.97 Å². The van der Waals surface area contributed by atoms with E-state index < -0.39 is 5.97 Å². The van der Waals surface area contributed by atoms with Crippen LogP contribution in [0.2, 0.25) is 0 Å². The summed E-state index contributed by atoms with van der Waals surface area (Å²) in [6.07, 6.45) is 1.81. The van der Waals surface area contributed by atoms with Crippen molar-refractivity contribution in [3.63, 3.8) is 0 Å². The van der Waals surface area contributed by atoms with Crippen molar-refractivity contribution in [2.24, 2.45) is 0 Å². The molecule has 1 N–H and O–H groups in total. The van der Waals surface area contributed by atoms with E-state index in [0.29, 0.717) is 5.56 Å². The summed E-state index contributed by atoms with van der Waals surface area (Å²) in [5, 5.41) is 9.74. The third-order valence-corrected chi connectivity index (χ3v) is 2.69. The summed E-state index contributed by atoms with van der Waals surface area (Å²) in [5.74, 6) is 0.0226. The van der Waals surface area contributed by atoms with Crippen molar-refractivity contribution < 1.29 is 9.90 Å². The maximum Gasteiger partial charge on any atom is 0.335 e. The smallest absolute Gasteiger partial charge is 0.335 e. The number of hydrogen-bond donors (Lipinski definition) is 1. The zero-order valence-corrected chi connectivity index (χ0v) is 9.80. The molecular weight excluding hydrogens is 210 g/mol. The molecule has 3 nitrogen and oxygen atoms in total. The van der Waals surface area contributed by atoms with Gasteiger partial charge in [0.2, 0.25) is 0 Å². The quantitative estimate of drug-likeness (QED) is 0.783. The highest BCUT2D eigenvalue weighted by Gasteiger charge is 2.07. The van der Waals surface area contributed by atoms with Crippen molar-refractivity contribution in [3.8, 4) is 0 Å². The van der Waals surface area contributed by atoms with Gasteiger partial charge in [-0.3, -0.25) is 0 Å². The summed E-state index contributed by atoms with van der Waals surface area (Å²) < 4.78 is 0. The topological polar surface area (TPSA) is 50.2 Å². The third kappa shape index (κ3) is 3.55. The van der Waals surface area contributed by atoms with E-state index in [1.54, 1.807) is 23.9 Å². The van der Waals surface area contributed by atoms with Crippen LogP contribution in [0.3, 0.4) is 0 Å². The molecule has 0 aliphatic rings. The molecule has 0 aliphatic carbocycles. The molecular formula is C11H15NO2S. The van der Waals surface area contributed by atoms with Gasteiger partial charge in [0.15, 0.2) is 0 Å². The highest BCUT2D eigenvalue weighted by Crippen LogP contribution is 2.18. The van der Waals surface area contributed by atoms with Crippen LogP contribution in [0.5, 0.6) is 0 Å². The molecule has 0 bridgehead atoms. The number of nitrogens with zero attached hydrogens (tertiary/aromatic N) is 1. The standard InChI is InChI=1S/C11H15NO2S/c1-3-5-9-6-8(11(13)14)7-10(12-9)15-4-2/h6-7H,3-5H2,1-2H3,(H,13,14). The van der Waals surface area contributed by atoms with Crippen molar-refractivity contribution in [2.45, 2.75) is 31.7 Å². The number of thioether (sulfide) groups is 1. The van der Waals surface area contributed by atoms with Gasteiger partial charge in [-0.25, -0.2) is 9.78 Å². The van der Waals surface area contributed by atoms with Gasteiger partial charge in [0.05, 0.1) is 10.6 Å². The van der Waals surface area contributed by atoms with E-state index in [2.05, 4.69) is 11.9 Å². The molecule has 1 heterocycles. The Balaban J connectivity index is 3.02. The monoisotopic (exact) mass is 225 g/mol. The van der Waals surface area contributed by atoms with Crippen LogP contribution in [0.25, 0.3) is 0 Å². The number of aromatic carboxylic acids is 1. The first-order valence-corrected chi connectivity index (χ1v) is 6.03. The summed E-state index contributed by atoms with van der Waals surface area (Å²) in [5.41, 5.74) is 1.21. The molecule has 82 valence electrons. The number of aromatic nitrogens is 1. The molecule has 1 rings (SSSR count). The van der Waals surface area contributed by atoms with E-state index in [0.717, 1.165) is 29.3 Å². The van der Waals surface area contributed by atoms with Crippen molar-refractivity contribution in [2.75, 3.05) is 5.75 Å². The Hall–Kier alpha value is -1.03. The molecule has 0 amide bonds. The zero-order chi connectivity index (χ0) is 11.3. The van der Waals surface area contributed by atoms with Crippen LogP contribution in [-0.4, -0.2) is 21.8 Å². The SMILES string of the molecule is CCCc1cc(C(=O)O)cc(SCC)n1. The summed E-state index contributed by atoms with van der Waals surface area (Å²) >= 11 is 1.57. The fourth-order valence-electron chi connectivity index (χ4n) is 1.29. The third-order valence-electron chi connectivity index (χ3n) is 1.90. The number of aryl methyl sites for hydroxylation is 1. The Morgan fingerprint density at radius 1 is 1.47 bits per heavy atom. The van der Waals surface area contributed by atoms with E-state index in [1.807, 2.05) is 6.92 Å². The van der Waals surface area contributed by atoms with E-state index in [9.17, 15) is 4.79 Å². The molecule has 1 aromatic rings. The molecule has 0 aliphatic heterocycles. The maximum atomic E-state index is 10.9. The molecule has 15 heavy (non-hydrogen) atoms. The number of hydrogen-bond acceptors (Lipinski definition) is 3. The fraction of sp³-hybridized carbons (Fsp3) is 0.455. The van der Waals surface area contributed by atoms with Gasteiger partial charge < -0.3 is 5.11 Å². The second kappa shape index (κ2) is 5.75. The normalized spacial score (nSPS) is 10.3. The Kier molecular flexibility index (Phi) is 4.62. The highest BCUT2D eigenvalue weighted by atomic mass is 32.2. The van der Waals surface area contributed by atoms with E-state index in [4.69, 9.17) is 5.11 Å². The van der Waals surface area contributed by atoms with Gasteiger partial charge in [0, 0.05) is 5.69 Å². The molecule has 0 saturated carbocycles. The van der Waals surface area contributed by atoms with Crippen molar-refractivity contribution in [3.05, 3.63) is 23.4 Å². The molecule has 4 heteroatoms. The Bertz CT molecular complexity index is 328. The van der Waals surface area contributed by atoms with Gasteiger partial charge in [-0.2, -0.15) is 0 Å². The Morgan fingerprint density at radius 3 is 2.73 bits per heavy atom. The first-order valence-electron chi connectivity index (χ1n) is 5.04. The molecule has 0 saturated heterocycles. The van der Waals surface area contributed by atoms with Crippen molar-refractivity contribution in [1.29, 1.82) is 0 Å². The van der Waals surface area contributed by atoms with E-state index >= 15 is 0 Å². The second-order valence-electron chi connectivity index (χ2n) is 3.17. The number of carbonyl (C=O) groups is 1. The molecule has 0 radical (unpaired) electrons. The summed E-state index contributed by atoms with van der Waals surface area (Å²) in [6, 6.07) is 3.29.